The molecule has 1 aromatic carbocycles. The molecule has 0 saturated heterocycles. The van der Waals surface area contributed by atoms with Crippen molar-refractivity contribution in [2.24, 2.45) is 5.73 Å². The van der Waals surface area contributed by atoms with Crippen LogP contribution in [0.4, 0.5) is 35.1 Å². The quantitative estimate of drug-likeness (QED) is 0.502. The van der Waals surface area contributed by atoms with Gasteiger partial charge in [0.2, 0.25) is 5.82 Å². The van der Waals surface area contributed by atoms with Gasteiger partial charge in [-0.3, -0.25) is 0 Å². The van der Waals surface area contributed by atoms with Crippen LogP contribution < -0.4 is 5.73 Å². The molecule has 0 saturated carbocycles. The Morgan fingerprint density at radius 3 is 1.52 bits per heavy atom. The Kier molecular flexibility index (Phi) is 6.39. The molecule has 11 heteroatoms. The van der Waals surface area contributed by atoms with Crippen molar-refractivity contribution in [3.8, 4) is 0 Å². The van der Waals surface area contributed by atoms with Crippen LogP contribution in [0.5, 0.6) is 0 Å². The summed E-state index contributed by atoms with van der Waals surface area (Å²) in [6.45, 7) is 0. The second-order valence-corrected chi connectivity index (χ2v) is 3.88. The molecule has 122 valence electrons. The van der Waals surface area contributed by atoms with Crippen LogP contribution in [-0.4, -0.2) is 17.3 Å². The van der Waals surface area contributed by atoms with Crippen LogP contribution in [-0.2, 0) is 0 Å². The predicted octanol–water partition coefficient (Wildman–Crippen LogP) is 3.12. The summed E-state index contributed by atoms with van der Waals surface area (Å²) in [5.41, 5.74) is 2.85. The van der Waals surface area contributed by atoms with Gasteiger partial charge in [-0.2, -0.15) is 13.2 Å². The molecule has 0 heterocycles. The van der Waals surface area contributed by atoms with Crippen molar-refractivity contribution in [2.45, 2.75) is 24.7 Å². The average molecular weight is 346 g/mol. The van der Waals surface area contributed by atoms with Gasteiger partial charge in [-0.1, -0.05) is 0 Å². The predicted molar refractivity (Wildman–Crippen MR) is 57.1 cm³/mol. The normalized spacial score (nSPS) is 14.6. The monoisotopic (exact) mass is 345 g/mol. The number of aliphatic hydroxyl groups is 1. The molecule has 21 heavy (non-hydrogen) atoms. The molecule has 0 unspecified atom stereocenters. The van der Waals surface area contributed by atoms with Gasteiger partial charge >= 0.3 is 6.18 Å². The maximum absolute atomic E-state index is 13.2. The Balaban J connectivity index is 0.00000400. The van der Waals surface area contributed by atoms with E-state index in [9.17, 15) is 40.2 Å². The summed E-state index contributed by atoms with van der Waals surface area (Å²) in [6, 6.07) is -2.69. The molecule has 2 atom stereocenters. The molecule has 0 bridgehead atoms. The first kappa shape index (κ1) is 19.9. The molecule has 0 aliphatic rings. The highest BCUT2D eigenvalue weighted by Gasteiger charge is 2.40. The molecule has 3 N–H and O–H groups in total. The number of hydrogen-bond donors (Lipinski definition) is 2. The van der Waals surface area contributed by atoms with Gasteiger partial charge < -0.3 is 10.8 Å². The van der Waals surface area contributed by atoms with Gasteiger partial charge in [0.1, 0.15) is 6.04 Å². The van der Waals surface area contributed by atoms with Gasteiger partial charge in [0.05, 0.1) is 11.7 Å². The average Bonchev–Trinajstić information content (AvgIpc) is 2.33. The van der Waals surface area contributed by atoms with E-state index in [4.69, 9.17) is 0 Å². The first-order valence-electron chi connectivity index (χ1n) is 5.00. The lowest BCUT2D eigenvalue weighted by atomic mass is 10.0. The smallest absolute Gasteiger partial charge is 0.388 e. The number of aliphatic hydroxyl groups excluding tert-OH is 1. The molecule has 0 aliphatic heterocycles. The molecular weight excluding hydrogens is 338 g/mol. The first-order valence-corrected chi connectivity index (χ1v) is 5.00. The summed E-state index contributed by atoms with van der Waals surface area (Å²) in [5, 5.41) is 9.24. The van der Waals surface area contributed by atoms with Crippen LogP contribution >= 0.6 is 12.4 Å². The molecule has 0 aliphatic carbocycles. The zero-order valence-electron chi connectivity index (χ0n) is 9.82. The van der Waals surface area contributed by atoms with E-state index >= 15 is 0 Å². The highest BCUT2D eigenvalue weighted by Crippen LogP contribution is 2.32. The van der Waals surface area contributed by atoms with Crippen molar-refractivity contribution >= 4 is 12.4 Å². The molecular formula is C10H8ClF8NO. The van der Waals surface area contributed by atoms with Crippen LogP contribution in [0, 0.1) is 29.1 Å². The summed E-state index contributed by atoms with van der Waals surface area (Å²) >= 11 is 0. The van der Waals surface area contributed by atoms with Crippen molar-refractivity contribution < 1.29 is 40.2 Å². The minimum Gasteiger partial charge on any atom is -0.388 e. The van der Waals surface area contributed by atoms with E-state index in [0.717, 1.165) is 0 Å². The number of alkyl halides is 3. The molecule has 0 spiro atoms. The molecule has 1 aromatic rings. The van der Waals surface area contributed by atoms with E-state index in [0.29, 0.717) is 0 Å². The summed E-state index contributed by atoms with van der Waals surface area (Å²) in [6.07, 6.45) is -9.05. The number of benzene rings is 1. The maximum Gasteiger partial charge on any atom is 0.403 e. The summed E-state index contributed by atoms with van der Waals surface area (Å²) in [5.74, 6) is -12.0. The SMILES string of the molecule is Cl.N[C@@H](C[C@@H](O)c1c(F)c(F)c(F)c(F)c1F)C(F)(F)F. The fraction of sp³-hybridized carbons (Fsp3) is 0.400. The van der Waals surface area contributed by atoms with Gasteiger partial charge in [-0.15, -0.1) is 12.4 Å². The van der Waals surface area contributed by atoms with Gasteiger partial charge in [0.15, 0.2) is 23.3 Å². The third-order valence-corrected chi connectivity index (χ3v) is 2.47. The van der Waals surface area contributed by atoms with Crippen molar-refractivity contribution in [3.63, 3.8) is 0 Å². The van der Waals surface area contributed by atoms with E-state index in [2.05, 4.69) is 5.73 Å². The minimum atomic E-state index is -4.99. The Morgan fingerprint density at radius 2 is 1.19 bits per heavy atom. The van der Waals surface area contributed by atoms with E-state index < -0.39 is 59.4 Å². The lowest BCUT2D eigenvalue weighted by Gasteiger charge is -2.20. The standard InChI is InChI=1S/C10H7F8NO.ClH/c11-5-4(2(20)1-3(19)10(16,17)18)6(12)8(14)9(15)7(5)13;/h2-3,20H,1,19H2;1H/t2-,3+;/m1./s1. The molecule has 0 amide bonds. The van der Waals surface area contributed by atoms with Crippen molar-refractivity contribution in [1.29, 1.82) is 0 Å². The molecule has 1 rings (SSSR count). The van der Waals surface area contributed by atoms with Crippen LogP contribution in [0.15, 0.2) is 0 Å². The summed E-state index contributed by atoms with van der Waals surface area (Å²) in [4.78, 5) is 0. The summed E-state index contributed by atoms with van der Waals surface area (Å²) in [7, 11) is 0. The Morgan fingerprint density at radius 1 is 0.857 bits per heavy atom. The van der Waals surface area contributed by atoms with Crippen LogP contribution in [0.3, 0.4) is 0 Å². The largest absolute Gasteiger partial charge is 0.403 e. The Bertz CT molecular complexity index is 492. The highest BCUT2D eigenvalue weighted by atomic mass is 35.5. The number of halogens is 9. The third kappa shape index (κ3) is 3.95. The van der Waals surface area contributed by atoms with Gasteiger partial charge in [0.25, 0.3) is 0 Å². The van der Waals surface area contributed by atoms with E-state index in [1.54, 1.807) is 0 Å². The van der Waals surface area contributed by atoms with E-state index in [1.165, 1.54) is 0 Å². The number of hydrogen-bond acceptors (Lipinski definition) is 2. The topological polar surface area (TPSA) is 46.2 Å². The zero-order valence-corrected chi connectivity index (χ0v) is 10.6. The van der Waals surface area contributed by atoms with Crippen LogP contribution in [0.2, 0.25) is 0 Å². The van der Waals surface area contributed by atoms with Gasteiger partial charge in [-0.25, -0.2) is 22.0 Å². The van der Waals surface area contributed by atoms with E-state index in [1.807, 2.05) is 0 Å². The fourth-order valence-electron chi connectivity index (χ4n) is 1.41. The van der Waals surface area contributed by atoms with Crippen molar-refractivity contribution in [2.75, 3.05) is 0 Å². The van der Waals surface area contributed by atoms with Crippen molar-refractivity contribution in [3.05, 3.63) is 34.6 Å². The lowest BCUT2D eigenvalue weighted by molar-refractivity contribution is -0.154. The zero-order chi connectivity index (χ0) is 15.8. The molecule has 0 radical (unpaired) electrons. The number of rotatable bonds is 3. The van der Waals surface area contributed by atoms with Crippen molar-refractivity contribution in [1.82, 2.24) is 0 Å². The van der Waals surface area contributed by atoms with Gasteiger partial charge in [0, 0.05) is 6.42 Å². The van der Waals surface area contributed by atoms with Gasteiger partial charge in [-0.05, 0) is 0 Å². The highest BCUT2D eigenvalue weighted by molar-refractivity contribution is 5.85. The molecule has 0 fully saturated rings. The fourth-order valence-corrected chi connectivity index (χ4v) is 1.41. The number of nitrogens with two attached hydrogens (primary N) is 1. The van der Waals surface area contributed by atoms with E-state index in [-0.39, 0.29) is 12.4 Å². The summed E-state index contributed by atoms with van der Waals surface area (Å²) < 4.78 is 101. The lowest BCUT2D eigenvalue weighted by Crippen LogP contribution is -2.38. The second-order valence-electron chi connectivity index (χ2n) is 3.88. The Labute approximate surface area is 119 Å². The Hall–Kier alpha value is -1.13. The molecule has 2 nitrogen and oxygen atoms in total. The maximum atomic E-state index is 13.2. The van der Waals surface area contributed by atoms with Crippen LogP contribution in [0.25, 0.3) is 0 Å². The first-order chi connectivity index (χ1) is 8.98. The van der Waals surface area contributed by atoms with Crippen LogP contribution in [0.1, 0.15) is 18.1 Å². The second kappa shape index (κ2) is 6.75. The minimum absolute atomic E-state index is 0. The third-order valence-electron chi connectivity index (χ3n) is 2.47. The molecule has 0 aromatic heterocycles.